The fourth-order valence-electron chi connectivity index (χ4n) is 3.82. The number of benzene rings is 4. The van der Waals surface area contributed by atoms with Crippen LogP contribution in [-0.2, 0) is 14.9 Å². The molecule has 176 valence electrons. The van der Waals surface area contributed by atoms with Crippen LogP contribution in [0.15, 0.2) is 120 Å². The molecule has 0 aliphatic rings. The lowest BCUT2D eigenvalue weighted by Crippen LogP contribution is -2.34. The van der Waals surface area contributed by atoms with Gasteiger partial charge in [-0.3, -0.25) is 0 Å². The molecule has 0 heterocycles. The summed E-state index contributed by atoms with van der Waals surface area (Å²) in [4.78, 5) is -0.178. The summed E-state index contributed by atoms with van der Waals surface area (Å²) in [5, 5.41) is 4.23. The van der Waals surface area contributed by atoms with Crippen LogP contribution in [0.5, 0.6) is 0 Å². The SMILES string of the molecule is COCC[P+](c1ccccc1)(c1ccccc1)c1ccccc1.Cc1ccc(S(=O)(=O)[O-])cc1. The Labute approximate surface area is 203 Å². The second kappa shape index (κ2) is 12.0. The molecule has 34 heavy (non-hydrogen) atoms. The first-order valence-corrected chi connectivity index (χ1v) is 14.3. The number of methoxy groups -OCH3 is 1. The van der Waals surface area contributed by atoms with Crippen LogP contribution in [0.4, 0.5) is 0 Å². The van der Waals surface area contributed by atoms with E-state index in [0.717, 1.165) is 18.3 Å². The second-order valence-corrected chi connectivity index (χ2v) is 12.8. The molecule has 0 aliphatic heterocycles. The number of hydrogen-bond donors (Lipinski definition) is 0. The summed E-state index contributed by atoms with van der Waals surface area (Å²) in [6.45, 7) is 2.58. The average Bonchev–Trinajstić information content (AvgIpc) is 2.87. The van der Waals surface area contributed by atoms with E-state index in [4.69, 9.17) is 4.74 Å². The van der Waals surface area contributed by atoms with E-state index in [1.165, 1.54) is 28.0 Å². The molecule has 4 rings (SSSR count). The van der Waals surface area contributed by atoms with E-state index in [1.807, 2.05) is 6.92 Å². The highest BCUT2D eigenvalue weighted by atomic mass is 32.2. The maximum absolute atomic E-state index is 10.4. The van der Waals surface area contributed by atoms with Crippen molar-refractivity contribution in [3.63, 3.8) is 0 Å². The lowest BCUT2D eigenvalue weighted by Gasteiger charge is -2.27. The van der Waals surface area contributed by atoms with Crippen molar-refractivity contribution < 1.29 is 17.7 Å². The van der Waals surface area contributed by atoms with E-state index >= 15 is 0 Å². The van der Waals surface area contributed by atoms with Gasteiger partial charge in [-0.2, -0.15) is 0 Å². The van der Waals surface area contributed by atoms with E-state index in [0.29, 0.717) is 0 Å². The minimum Gasteiger partial charge on any atom is -0.744 e. The lowest BCUT2D eigenvalue weighted by atomic mass is 10.2. The summed E-state index contributed by atoms with van der Waals surface area (Å²) in [7, 11) is -4.18. The predicted octanol–water partition coefficient (Wildman–Crippen LogP) is 4.53. The quantitative estimate of drug-likeness (QED) is 0.281. The van der Waals surface area contributed by atoms with Crippen LogP contribution in [0.1, 0.15) is 5.56 Å². The number of hydrogen-bond acceptors (Lipinski definition) is 4. The number of ether oxygens (including phenoxy) is 1. The van der Waals surface area contributed by atoms with Gasteiger partial charge in [-0.25, -0.2) is 8.42 Å². The van der Waals surface area contributed by atoms with Crippen molar-refractivity contribution >= 4 is 33.3 Å². The Morgan fingerprint density at radius 3 is 1.38 bits per heavy atom. The Balaban J connectivity index is 0.000000248. The van der Waals surface area contributed by atoms with Gasteiger partial charge in [-0.05, 0) is 55.5 Å². The van der Waals surface area contributed by atoms with Gasteiger partial charge in [0.05, 0.1) is 17.7 Å². The first-order valence-electron chi connectivity index (χ1n) is 10.9. The normalized spacial score (nSPS) is 11.4. The van der Waals surface area contributed by atoms with Gasteiger partial charge in [0.25, 0.3) is 0 Å². The third-order valence-corrected chi connectivity index (χ3v) is 10.8. The summed E-state index contributed by atoms with van der Waals surface area (Å²) in [6, 6.07) is 38.5. The largest absolute Gasteiger partial charge is 0.744 e. The van der Waals surface area contributed by atoms with Gasteiger partial charge >= 0.3 is 0 Å². The first-order chi connectivity index (χ1) is 16.4. The maximum atomic E-state index is 10.4. The van der Waals surface area contributed by atoms with Gasteiger partial charge in [-0.15, -0.1) is 0 Å². The molecule has 0 fully saturated rings. The minimum absolute atomic E-state index is 0.178. The molecule has 0 N–H and O–H groups in total. The smallest absolute Gasteiger partial charge is 0.124 e. The van der Waals surface area contributed by atoms with Crippen molar-refractivity contribution in [2.75, 3.05) is 19.9 Å². The molecule has 0 bridgehead atoms. The van der Waals surface area contributed by atoms with Crippen LogP contribution < -0.4 is 15.9 Å². The van der Waals surface area contributed by atoms with Crippen LogP contribution in [0.25, 0.3) is 0 Å². The molecule has 0 amide bonds. The van der Waals surface area contributed by atoms with E-state index in [9.17, 15) is 13.0 Å². The van der Waals surface area contributed by atoms with Crippen molar-refractivity contribution in [2.45, 2.75) is 11.8 Å². The molecular formula is C28H29O4PS. The highest BCUT2D eigenvalue weighted by Gasteiger charge is 2.44. The third-order valence-electron chi connectivity index (χ3n) is 5.53. The van der Waals surface area contributed by atoms with E-state index in [-0.39, 0.29) is 4.90 Å². The summed E-state index contributed by atoms with van der Waals surface area (Å²) >= 11 is 0. The third kappa shape index (κ3) is 6.40. The minimum atomic E-state index is -4.27. The molecule has 4 nitrogen and oxygen atoms in total. The average molecular weight is 493 g/mol. The molecule has 0 radical (unpaired) electrons. The zero-order valence-corrected chi connectivity index (χ0v) is 21.1. The summed E-state index contributed by atoms with van der Waals surface area (Å²) in [5.41, 5.74) is 0.928. The fourth-order valence-corrected chi connectivity index (χ4v) is 8.45. The van der Waals surface area contributed by atoms with Crippen molar-refractivity contribution in [1.82, 2.24) is 0 Å². The Morgan fingerprint density at radius 1 is 0.676 bits per heavy atom. The van der Waals surface area contributed by atoms with Crippen molar-refractivity contribution in [1.29, 1.82) is 0 Å². The van der Waals surface area contributed by atoms with Gasteiger partial charge in [-0.1, -0.05) is 72.3 Å². The van der Waals surface area contributed by atoms with Gasteiger partial charge in [0.15, 0.2) is 0 Å². The lowest BCUT2D eigenvalue weighted by molar-refractivity contribution is 0.218. The molecule has 0 atom stereocenters. The van der Waals surface area contributed by atoms with Crippen LogP contribution >= 0.6 is 7.26 Å². The van der Waals surface area contributed by atoms with Crippen molar-refractivity contribution in [3.8, 4) is 0 Å². The Kier molecular flexibility index (Phi) is 9.14. The molecule has 6 heteroatoms. The van der Waals surface area contributed by atoms with Gasteiger partial charge in [0.2, 0.25) is 0 Å². The molecular weight excluding hydrogens is 463 g/mol. The Bertz CT molecular complexity index is 1150. The Hall–Kier alpha value is -2.82. The van der Waals surface area contributed by atoms with Crippen molar-refractivity contribution in [2.24, 2.45) is 0 Å². The summed E-state index contributed by atoms with van der Waals surface area (Å²) in [6.07, 6.45) is 1.02. The fraction of sp³-hybridized carbons (Fsp3) is 0.143. The highest BCUT2D eigenvalue weighted by molar-refractivity contribution is 7.95. The molecule has 0 aromatic heterocycles. The van der Waals surface area contributed by atoms with Gasteiger partial charge in [0, 0.05) is 7.11 Å². The van der Waals surface area contributed by atoms with E-state index in [1.54, 1.807) is 19.2 Å². The highest BCUT2D eigenvalue weighted by Crippen LogP contribution is 2.54. The second-order valence-electron chi connectivity index (χ2n) is 7.80. The van der Waals surface area contributed by atoms with Crippen molar-refractivity contribution in [3.05, 3.63) is 121 Å². The van der Waals surface area contributed by atoms with Crippen LogP contribution in [0.2, 0.25) is 0 Å². The first kappa shape index (κ1) is 25.8. The molecule has 4 aromatic rings. The zero-order valence-electron chi connectivity index (χ0n) is 19.4. The molecule has 0 aliphatic carbocycles. The maximum Gasteiger partial charge on any atom is 0.124 e. The van der Waals surface area contributed by atoms with Crippen LogP contribution in [-0.4, -0.2) is 32.8 Å². The molecule has 0 saturated heterocycles. The standard InChI is InChI=1S/C21H22OP.C7H8O3S/c1-22-17-18-23(19-11-5-2-6-12-19,20-13-7-3-8-14-20)21-15-9-4-10-16-21;1-6-2-4-7(5-3-6)11(8,9)10/h2-16H,17-18H2,1H3;2-5H,1H3,(H,8,9,10)/q+1;/p-1. The van der Waals surface area contributed by atoms with Crippen LogP contribution in [0.3, 0.4) is 0 Å². The Morgan fingerprint density at radius 2 is 1.06 bits per heavy atom. The van der Waals surface area contributed by atoms with Gasteiger partial charge < -0.3 is 9.29 Å². The van der Waals surface area contributed by atoms with E-state index < -0.39 is 17.4 Å². The predicted molar refractivity (Wildman–Crippen MR) is 141 cm³/mol. The molecule has 0 spiro atoms. The topological polar surface area (TPSA) is 66.4 Å². The zero-order chi connectivity index (χ0) is 24.4. The number of rotatable bonds is 7. The van der Waals surface area contributed by atoms with Gasteiger partial charge in [0.1, 0.15) is 33.3 Å². The monoisotopic (exact) mass is 492 g/mol. The summed E-state index contributed by atoms with van der Waals surface area (Å²) in [5.74, 6) is 0. The number of aryl methyl sites for hydroxylation is 1. The van der Waals surface area contributed by atoms with Crippen LogP contribution in [0, 0.1) is 6.92 Å². The van der Waals surface area contributed by atoms with E-state index in [2.05, 4.69) is 91.0 Å². The molecule has 0 saturated carbocycles. The molecule has 0 unspecified atom stereocenters. The summed E-state index contributed by atoms with van der Waals surface area (Å²) < 4.78 is 36.7. The molecule has 4 aromatic carbocycles.